The van der Waals surface area contributed by atoms with E-state index in [1.807, 2.05) is 6.92 Å². The Balaban J connectivity index is 1.86. The molecule has 1 atom stereocenters. The lowest BCUT2D eigenvalue weighted by Crippen LogP contribution is -2.31. The van der Waals surface area contributed by atoms with Crippen LogP contribution in [-0.2, 0) is 9.84 Å². The maximum absolute atomic E-state index is 13.2. The molecule has 9 heteroatoms. The van der Waals surface area contributed by atoms with Gasteiger partial charge in [0.05, 0.1) is 9.82 Å². The van der Waals surface area contributed by atoms with Gasteiger partial charge in [0.15, 0.2) is 9.84 Å². The Kier molecular flexibility index (Phi) is 6.09. The standard InChI is InChI=1S/C20H18N2O5S2/c1-14-7-9-17(10-8-14)29(26,27)19(18-6-3-11-28-18)13-21-20(23)15-4-2-5-16(12-15)22(24)25/h2-12,19H,13H2,1H3,(H,21,23). The second-order valence-corrected chi connectivity index (χ2v) is 9.49. The minimum atomic E-state index is -3.75. The number of nitro benzene ring substituents is 1. The van der Waals surface area contributed by atoms with Gasteiger partial charge in [0.1, 0.15) is 5.25 Å². The van der Waals surface area contributed by atoms with Crippen molar-refractivity contribution in [3.63, 3.8) is 0 Å². The normalized spacial score (nSPS) is 12.3. The van der Waals surface area contributed by atoms with Crippen LogP contribution in [0.2, 0.25) is 0 Å². The first-order valence-corrected chi connectivity index (χ1v) is 11.1. The van der Waals surface area contributed by atoms with E-state index in [2.05, 4.69) is 5.32 Å². The SMILES string of the molecule is Cc1ccc(S(=O)(=O)C(CNC(=O)c2cccc([N+](=O)[O-])c2)c2cccs2)cc1. The molecule has 1 heterocycles. The van der Waals surface area contributed by atoms with Crippen molar-refractivity contribution in [3.8, 4) is 0 Å². The molecule has 1 aromatic heterocycles. The van der Waals surface area contributed by atoms with Gasteiger partial charge in [-0.15, -0.1) is 11.3 Å². The summed E-state index contributed by atoms with van der Waals surface area (Å²) in [4.78, 5) is 23.6. The van der Waals surface area contributed by atoms with Gasteiger partial charge in [-0.25, -0.2) is 8.42 Å². The molecular formula is C20H18N2O5S2. The van der Waals surface area contributed by atoms with E-state index in [-0.39, 0.29) is 22.7 Å². The molecule has 0 aliphatic rings. The van der Waals surface area contributed by atoms with E-state index in [0.29, 0.717) is 4.88 Å². The molecule has 0 fully saturated rings. The van der Waals surface area contributed by atoms with Crippen LogP contribution in [0.25, 0.3) is 0 Å². The first-order chi connectivity index (χ1) is 13.8. The first kappa shape index (κ1) is 20.7. The Bertz CT molecular complexity index is 1120. The maximum Gasteiger partial charge on any atom is 0.270 e. The molecule has 0 aliphatic heterocycles. The molecule has 7 nitrogen and oxygen atoms in total. The molecule has 3 rings (SSSR count). The topological polar surface area (TPSA) is 106 Å². The number of sulfone groups is 1. The van der Waals surface area contributed by atoms with Crippen molar-refractivity contribution in [2.24, 2.45) is 0 Å². The van der Waals surface area contributed by atoms with E-state index in [4.69, 9.17) is 0 Å². The molecular weight excluding hydrogens is 412 g/mol. The fraction of sp³-hybridized carbons (Fsp3) is 0.150. The van der Waals surface area contributed by atoms with Crippen LogP contribution in [0.1, 0.15) is 26.0 Å². The minimum Gasteiger partial charge on any atom is -0.350 e. The van der Waals surface area contributed by atoms with Crippen LogP contribution >= 0.6 is 11.3 Å². The number of thiophene rings is 1. The summed E-state index contributed by atoms with van der Waals surface area (Å²) in [5, 5.41) is 14.3. The minimum absolute atomic E-state index is 0.0943. The lowest BCUT2D eigenvalue weighted by Gasteiger charge is -2.17. The van der Waals surface area contributed by atoms with Crippen molar-refractivity contribution >= 4 is 32.8 Å². The Hall–Kier alpha value is -3.04. The van der Waals surface area contributed by atoms with E-state index < -0.39 is 25.9 Å². The highest BCUT2D eigenvalue weighted by molar-refractivity contribution is 7.91. The lowest BCUT2D eigenvalue weighted by molar-refractivity contribution is -0.384. The van der Waals surface area contributed by atoms with Gasteiger partial charge in [0.25, 0.3) is 11.6 Å². The van der Waals surface area contributed by atoms with Crippen LogP contribution < -0.4 is 5.32 Å². The number of hydrogen-bond acceptors (Lipinski definition) is 6. The smallest absolute Gasteiger partial charge is 0.270 e. The van der Waals surface area contributed by atoms with E-state index in [1.54, 1.807) is 41.8 Å². The number of nitrogens with one attached hydrogen (secondary N) is 1. The molecule has 0 spiro atoms. The van der Waals surface area contributed by atoms with E-state index in [1.165, 1.54) is 29.5 Å². The second kappa shape index (κ2) is 8.54. The van der Waals surface area contributed by atoms with Gasteiger partial charge in [0.2, 0.25) is 0 Å². The van der Waals surface area contributed by atoms with Crippen LogP contribution in [-0.4, -0.2) is 25.8 Å². The van der Waals surface area contributed by atoms with Crippen LogP contribution in [0.4, 0.5) is 5.69 Å². The van der Waals surface area contributed by atoms with Gasteiger partial charge in [-0.3, -0.25) is 14.9 Å². The molecule has 150 valence electrons. The van der Waals surface area contributed by atoms with Crippen molar-refractivity contribution in [3.05, 3.63) is 92.2 Å². The van der Waals surface area contributed by atoms with E-state index in [9.17, 15) is 23.3 Å². The Morgan fingerprint density at radius 3 is 2.48 bits per heavy atom. The Morgan fingerprint density at radius 1 is 1.14 bits per heavy atom. The number of carbonyl (C=O) groups is 1. The molecule has 3 aromatic rings. The zero-order valence-electron chi connectivity index (χ0n) is 15.4. The van der Waals surface area contributed by atoms with Crippen molar-refractivity contribution in [2.75, 3.05) is 6.54 Å². The van der Waals surface area contributed by atoms with Gasteiger partial charge in [0, 0.05) is 29.1 Å². The number of benzene rings is 2. The first-order valence-electron chi connectivity index (χ1n) is 8.65. The molecule has 29 heavy (non-hydrogen) atoms. The summed E-state index contributed by atoms with van der Waals surface area (Å²) in [5.41, 5.74) is 0.826. The summed E-state index contributed by atoms with van der Waals surface area (Å²) in [7, 11) is -3.75. The van der Waals surface area contributed by atoms with E-state index >= 15 is 0 Å². The number of hydrogen-bond donors (Lipinski definition) is 1. The molecule has 0 saturated heterocycles. The fourth-order valence-corrected chi connectivity index (χ4v) is 5.56. The number of rotatable bonds is 7. The molecule has 0 aliphatic carbocycles. The summed E-state index contributed by atoms with van der Waals surface area (Å²) in [6.07, 6.45) is 0. The molecule has 0 radical (unpaired) electrons. The molecule has 1 amide bonds. The quantitative estimate of drug-likeness (QED) is 0.452. The number of aryl methyl sites for hydroxylation is 1. The largest absolute Gasteiger partial charge is 0.350 e. The third-order valence-electron chi connectivity index (χ3n) is 4.35. The summed E-state index contributed by atoms with van der Waals surface area (Å²) in [6.45, 7) is 1.71. The number of non-ortho nitro benzene ring substituents is 1. The summed E-state index contributed by atoms with van der Waals surface area (Å²) >= 11 is 1.29. The second-order valence-electron chi connectivity index (χ2n) is 6.38. The van der Waals surface area contributed by atoms with Crippen molar-refractivity contribution in [1.29, 1.82) is 0 Å². The van der Waals surface area contributed by atoms with E-state index in [0.717, 1.165) is 11.6 Å². The monoisotopic (exact) mass is 430 g/mol. The third-order valence-corrected chi connectivity index (χ3v) is 7.59. The molecule has 0 saturated carbocycles. The van der Waals surface area contributed by atoms with Gasteiger partial charge in [-0.05, 0) is 36.6 Å². The van der Waals surface area contributed by atoms with Gasteiger partial charge < -0.3 is 5.32 Å². The molecule has 2 aromatic carbocycles. The van der Waals surface area contributed by atoms with Gasteiger partial charge >= 0.3 is 0 Å². The number of carbonyl (C=O) groups excluding carboxylic acids is 1. The average molecular weight is 431 g/mol. The third kappa shape index (κ3) is 4.69. The maximum atomic E-state index is 13.2. The summed E-state index contributed by atoms with van der Waals surface area (Å²) in [5.74, 6) is -0.575. The Labute approximate surface area is 172 Å². The van der Waals surface area contributed by atoms with Crippen LogP contribution in [0.15, 0.2) is 70.9 Å². The average Bonchev–Trinajstić information content (AvgIpc) is 3.22. The highest BCUT2D eigenvalue weighted by Crippen LogP contribution is 2.31. The molecule has 1 unspecified atom stereocenters. The zero-order valence-corrected chi connectivity index (χ0v) is 17.1. The van der Waals surface area contributed by atoms with Crippen LogP contribution in [0.3, 0.4) is 0 Å². The van der Waals surface area contributed by atoms with Crippen molar-refractivity contribution in [1.82, 2.24) is 5.32 Å². The number of amides is 1. The number of nitrogens with zero attached hydrogens (tertiary/aromatic N) is 1. The zero-order chi connectivity index (χ0) is 21.0. The van der Waals surface area contributed by atoms with Gasteiger partial charge in [-0.1, -0.05) is 29.8 Å². The predicted molar refractivity (Wildman–Crippen MR) is 111 cm³/mol. The molecule has 1 N–H and O–H groups in total. The predicted octanol–water partition coefficient (Wildman–Crippen LogP) is 3.91. The molecule has 0 bridgehead atoms. The fourth-order valence-electron chi connectivity index (χ4n) is 2.78. The number of nitro groups is 1. The van der Waals surface area contributed by atoms with Crippen LogP contribution in [0, 0.1) is 17.0 Å². The van der Waals surface area contributed by atoms with Crippen molar-refractivity contribution < 1.29 is 18.1 Å². The van der Waals surface area contributed by atoms with Crippen LogP contribution in [0.5, 0.6) is 0 Å². The summed E-state index contributed by atoms with van der Waals surface area (Å²) < 4.78 is 26.4. The summed E-state index contributed by atoms with van der Waals surface area (Å²) in [6, 6.07) is 15.3. The van der Waals surface area contributed by atoms with Gasteiger partial charge in [-0.2, -0.15) is 0 Å². The van der Waals surface area contributed by atoms with Crippen molar-refractivity contribution in [2.45, 2.75) is 17.1 Å². The highest BCUT2D eigenvalue weighted by Gasteiger charge is 2.30. The lowest BCUT2D eigenvalue weighted by atomic mass is 10.2. The Morgan fingerprint density at radius 2 is 1.86 bits per heavy atom. The highest BCUT2D eigenvalue weighted by atomic mass is 32.2.